The van der Waals surface area contributed by atoms with Gasteiger partial charge in [-0.25, -0.2) is 34.8 Å². The number of nitrogen functional groups attached to an aromatic ring is 1. The number of fused-ring (bicyclic) bond motifs is 2. The summed E-state index contributed by atoms with van der Waals surface area (Å²) in [6.45, 7) is 0. The van der Waals surface area contributed by atoms with Gasteiger partial charge < -0.3 is 33.7 Å². The number of ether oxygens (including phenoxy) is 1. The molecule has 0 aromatic heterocycles. The largest absolute Gasteiger partial charge is 1.00 e. The fraction of sp³-hybridized carbons (Fsp3) is 0. The number of aromatic carboxylic acids is 1. The first-order valence-electron chi connectivity index (χ1n) is 12.4. The zero-order valence-corrected chi connectivity index (χ0v) is 36.0. The molecule has 4 N–H and O–H groups in total. The Morgan fingerprint density at radius 2 is 1.33 bits per heavy atom. The van der Waals surface area contributed by atoms with Crippen LogP contribution >= 0.6 is 23.2 Å². The third kappa shape index (κ3) is 9.03. The zero-order valence-electron chi connectivity index (χ0n) is 26.0. The van der Waals surface area contributed by atoms with Crippen LogP contribution in [-0.4, -0.2) is 56.0 Å². The fourth-order valence-electron chi connectivity index (χ4n) is 4.78. The van der Waals surface area contributed by atoms with Crippen LogP contribution in [0, 0.1) is 5.41 Å². The molecule has 0 amide bonds. The summed E-state index contributed by atoms with van der Waals surface area (Å²) in [7, 11) is -16.0. The van der Waals surface area contributed by atoms with Crippen molar-refractivity contribution < 1.29 is 151 Å². The number of hydrogen-bond donors (Lipinski definition) is 3. The number of anilines is 1. The van der Waals surface area contributed by atoms with Gasteiger partial charge in [-0.3, -0.25) is 5.41 Å². The Bertz CT molecular complexity index is 2610. The third-order valence-electron chi connectivity index (χ3n) is 6.71. The second kappa shape index (κ2) is 16.4. The Hall–Kier alpha value is -1.60. The number of halogens is 2. The topological polar surface area (TPSA) is 298 Å². The molecule has 0 bridgehead atoms. The summed E-state index contributed by atoms with van der Waals surface area (Å²) in [5.74, 6) is -4.47. The molecule has 0 unspecified atom stereocenters. The standard InChI is InChI=1S/C27H16Cl2N2O14S3.3Na/c28-16-8-11(46(35,36)37)9-17(29)23(16)45-27(34)10-1-2-12(15(7-10)26(32)33)20-13-3-5-18(30)24(47(38,39)40)21(13)44-22-14(20)4-6-19(31)25(22)48(41,42)43;;;/h1-9,30H,31H2,(H,32,33)(H,35,36,37)(H,38,39,40)(H,41,42,43);;;/q;3*+1/p-3. The van der Waals surface area contributed by atoms with E-state index < -0.39 is 106 Å². The molecule has 250 valence electrons. The van der Waals surface area contributed by atoms with Crippen molar-refractivity contribution in [2.24, 2.45) is 0 Å². The van der Waals surface area contributed by atoms with E-state index in [0.717, 1.165) is 42.5 Å². The maximum Gasteiger partial charge on any atom is 1.00 e. The minimum Gasteiger partial charge on any atom is -0.744 e. The Morgan fingerprint density at radius 1 is 0.784 bits per heavy atom. The van der Waals surface area contributed by atoms with Crippen LogP contribution < -0.4 is 104 Å². The van der Waals surface area contributed by atoms with Gasteiger partial charge in [0.1, 0.15) is 40.1 Å². The van der Waals surface area contributed by atoms with E-state index in [1.807, 2.05) is 0 Å². The minimum absolute atomic E-state index is 0. The molecule has 1 heterocycles. The third-order valence-corrected chi connectivity index (χ3v) is 9.91. The zero-order chi connectivity index (χ0) is 35.7. The number of carboxylic acid groups (broad SMARTS) is 1. The molecule has 1 aliphatic carbocycles. The van der Waals surface area contributed by atoms with E-state index in [9.17, 15) is 53.6 Å². The van der Waals surface area contributed by atoms with Gasteiger partial charge in [0.05, 0.1) is 37.1 Å². The van der Waals surface area contributed by atoms with Gasteiger partial charge >= 0.3 is 101 Å². The Labute approximate surface area is 364 Å². The number of hydrogen-bond acceptors (Lipinski definition) is 15. The first kappa shape index (κ1) is 45.6. The van der Waals surface area contributed by atoms with Crippen LogP contribution in [0.4, 0.5) is 5.69 Å². The van der Waals surface area contributed by atoms with E-state index in [1.165, 1.54) is 0 Å². The number of carbonyl (C=O) groups is 2. The average molecular weight is 825 g/mol. The van der Waals surface area contributed by atoms with Crippen LogP contribution in [0.15, 0.2) is 73.7 Å². The van der Waals surface area contributed by atoms with E-state index >= 15 is 0 Å². The second-order valence-corrected chi connectivity index (χ2v) is 14.5. The number of benzene rings is 4. The van der Waals surface area contributed by atoms with E-state index in [4.69, 9.17) is 43.5 Å². The first-order chi connectivity index (χ1) is 22.1. The molecule has 0 radical (unpaired) electrons. The molecule has 51 heavy (non-hydrogen) atoms. The maximum absolute atomic E-state index is 13.1. The smallest absolute Gasteiger partial charge is 0.744 e. The molecule has 1 aliphatic heterocycles. The van der Waals surface area contributed by atoms with Gasteiger partial charge in [0.15, 0.2) is 17.1 Å². The van der Waals surface area contributed by atoms with Crippen molar-refractivity contribution in [2.75, 3.05) is 5.73 Å². The van der Waals surface area contributed by atoms with E-state index in [1.54, 1.807) is 0 Å². The molecular weight excluding hydrogens is 812 g/mol. The minimum atomic E-state index is -5.52. The predicted octanol–water partition coefficient (Wildman–Crippen LogP) is -5.79. The van der Waals surface area contributed by atoms with E-state index in [0.29, 0.717) is 12.1 Å². The number of carboxylic acids is 1. The predicted molar refractivity (Wildman–Crippen MR) is 161 cm³/mol. The van der Waals surface area contributed by atoms with Gasteiger partial charge in [0.2, 0.25) is 0 Å². The van der Waals surface area contributed by atoms with Gasteiger partial charge in [-0.2, -0.15) is 0 Å². The van der Waals surface area contributed by atoms with Crippen LogP contribution in [0.5, 0.6) is 5.75 Å². The molecule has 0 fully saturated rings. The second-order valence-electron chi connectivity index (χ2n) is 9.69. The number of carbonyl (C=O) groups excluding carboxylic acids is 1. The number of esters is 1. The molecule has 16 nitrogen and oxygen atoms in total. The van der Waals surface area contributed by atoms with Crippen LogP contribution in [0.1, 0.15) is 20.7 Å². The molecule has 24 heteroatoms. The first-order valence-corrected chi connectivity index (χ1v) is 17.4. The molecular formula is C27H13Cl2N2Na3O14S3. The molecule has 3 aromatic rings. The van der Waals surface area contributed by atoms with Crippen LogP contribution in [0.3, 0.4) is 0 Å². The van der Waals surface area contributed by atoms with Gasteiger partial charge in [0, 0.05) is 16.5 Å². The van der Waals surface area contributed by atoms with Gasteiger partial charge in [-0.1, -0.05) is 29.3 Å². The summed E-state index contributed by atoms with van der Waals surface area (Å²) >= 11 is 11.9. The van der Waals surface area contributed by atoms with Crippen molar-refractivity contribution in [3.05, 3.63) is 81.1 Å². The molecule has 0 atom stereocenters. The summed E-state index contributed by atoms with van der Waals surface area (Å²) in [5.41, 5.74) is 2.09. The molecule has 3 aromatic carbocycles. The van der Waals surface area contributed by atoms with Crippen molar-refractivity contribution in [3.8, 4) is 28.2 Å². The molecule has 5 rings (SSSR count). The Kier molecular flexibility index (Phi) is 14.7. The van der Waals surface area contributed by atoms with Crippen molar-refractivity contribution in [2.45, 2.75) is 14.7 Å². The quantitative estimate of drug-likeness (QED) is 0.0344. The number of nitrogens with two attached hydrogens (primary N) is 1. The average Bonchev–Trinajstić information content (AvgIpc) is 2.95. The monoisotopic (exact) mass is 824 g/mol. The summed E-state index contributed by atoms with van der Waals surface area (Å²) in [5, 5.41) is 15.9. The van der Waals surface area contributed by atoms with Crippen molar-refractivity contribution in [3.63, 3.8) is 0 Å². The molecule has 0 saturated carbocycles. The van der Waals surface area contributed by atoms with E-state index in [-0.39, 0.29) is 111 Å². The van der Waals surface area contributed by atoms with Gasteiger partial charge in [0.25, 0.3) is 0 Å². The maximum atomic E-state index is 13.1. The normalized spacial score (nSPS) is 11.6. The fourth-order valence-corrected chi connectivity index (χ4v) is 7.45. The van der Waals surface area contributed by atoms with Crippen molar-refractivity contribution in [1.29, 1.82) is 5.41 Å². The van der Waals surface area contributed by atoms with Gasteiger partial charge in [-0.15, -0.1) is 0 Å². The Balaban J connectivity index is 0.00000300. The van der Waals surface area contributed by atoms with Crippen LogP contribution in [-0.2, 0) is 30.4 Å². The summed E-state index contributed by atoms with van der Waals surface area (Å²) in [6, 6.07) is 8.22. The van der Waals surface area contributed by atoms with E-state index in [2.05, 4.69) is 0 Å². The molecule has 0 spiro atoms. The summed E-state index contributed by atoms with van der Waals surface area (Å²) in [4.78, 5) is 22.4. The van der Waals surface area contributed by atoms with Gasteiger partial charge in [-0.05, 0) is 54.1 Å². The SMILES string of the molecule is N=c1ccc2c(-c3ccc(C(=O)Oc4c(Cl)cc(S(=O)(=O)[O-])cc4Cl)cc3C(=O)O)c3ccc(N)c(S(=O)(=O)[O-])c3oc-2c1S(=O)(=O)[O-].[Na+].[Na+].[Na+]. The summed E-state index contributed by atoms with van der Waals surface area (Å²) < 4.78 is 118. The molecule has 2 aliphatic rings. The molecule has 0 saturated heterocycles. The number of nitrogens with one attached hydrogen (secondary N) is 1. The Morgan fingerprint density at radius 3 is 1.84 bits per heavy atom. The van der Waals surface area contributed by atoms with Crippen molar-refractivity contribution >= 4 is 82.2 Å². The van der Waals surface area contributed by atoms with Crippen LogP contribution in [0.25, 0.3) is 33.4 Å². The number of rotatable bonds is 7. The van der Waals surface area contributed by atoms with Crippen molar-refractivity contribution in [1.82, 2.24) is 0 Å². The summed E-state index contributed by atoms with van der Waals surface area (Å²) in [6.07, 6.45) is 0. The van der Waals surface area contributed by atoms with Crippen LogP contribution in [0.2, 0.25) is 10.0 Å².